The standard InChI is InChI=1S/C17H17FN2O4S/c18-11-4-3-6-13-10(11)8-14(25-13)17(23)24-9-15(21)20-7-2-1-5-12(20)16(19)22/h3-4,6,8,12H,1-2,5,7,9H2,(H2,19,22)/t12-/m0/s1. The van der Waals surface area contributed by atoms with E-state index < -0.39 is 36.2 Å². The summed E-state index contributed by atoms with van der Waals surface area (Å²) < 4.78 is 19.4. The molecule has 0 unspecified atom stereocenters. The van der Waals surface area contributed by atoms with Crippen molar-refractivity contribution in [2.45, 2.75) is 25.3 Å². The van der Waals surface area contributed by atoms with E-state index in [-0.39, 0.29) is 4.88 Å². The summed E-state index contributed by atoms with van der Waals surface area (Å²) in [5, 5.41) is 0.343. The number of piperidine rings is 1. The lowest BCUT2D eigenvalue weighted by molar-refractivity contribution is -0.143. The topological polar surface area (TPSA) is 89.7 Å². The average Bonchev–Trinajstić information content (AvgIpc) is 3.05. The number of hydrogen-bond acceptors (Lipinski definition) is 5. The third-order valence-corrected chi connectivity index (χ3v) is 5.27. The Morgan fingerprint density at radius 2 is 2.12 bits per heavy atom. The molecule has 6 nitrogen and oxygen atoms in total. The molecule has 1 aliphatic heterocycles. The summed E-state index contributed by atoms with van der Waals surface area (Å²) in [7, 11) is 0. The molecule has 1 aromatic carbocycles. The normalized spacial score (nSPS) is 17.5. The zero-order chi connectivity index (χ0) is 18.0. The van der Waals surface area contributed by atoms with Crippen molar-refractivity contribution in [3.8, 4) is 0 Å². The molecule has 0 bridgehead atoms. The van der Waals surface area contributed by atoms with Crippen LogP contribution >= 0.6 is 11.3 Å². The van der Waals surface area contributed by atoms with E-state index in [0.29, 0.717) is 23.1 Å². The van der Waals surface area contributed by atoms with Crippen molar-refractivity contribution in [1.82, 2.24) is 4.90 Å². The second-order valence-electron chi connectivity index (χ2n) is 5.84. The fraction of sp³-hybridized carbons (Fsp3) is 0.353. The summed E-state index contributed by atoms with van der Waals surface area (Å²) in [4.78, 5) is 37.4. The summed E-state index contributed by atoms with van der Waals surface area (Å²) in [6.45, 7) is -0.0581. The van der Waals surface area contributed by atoms with Crippen LogP contribution < -0.4 is 5.73 Å². The van der Waals surface area contributed by atoms with Gasteiger partial charge in [-0.15, -0.1) is 11.3 Å². The highest BCUT2D eigenvalue weighted by Crippen LogP contribution is 2.28. The predicted octanol–water partition coefficient (Wildman–Crippen LogP) is 2.06. The number of halogens is 1. The molecule has 2 amide bonds. The Balaban J connectivity index is 1.65. The van der Waals surface area contributed by atoms with E-state index in [1.54, 1.807) is 12.1 Å². The van der Waals surface area contributed by atoms with Gasteiger partial charge >= 0.3 is 5.97 Å². The Labute approximate surface area is 147 Å². The lowest BCUT2D eigenvalue weighted by atomic mass is 10.0. The molecular weight excluding hydrogens is 347 g/mol. The van der Waals surface area contributed by atoms with Crippen LogP contribution in [-0.4, -0.2) is 41.9 Å². The molecule has 25 heavy (non-hydrogen) atoms. The number of likely N-dealkylation sites (tertiary alicyclic amines) is 1. The van der Waals surface area contributed by atoms with E-state index in [9.17, 15) is 18.8 Å². The number of carbonyl (C=O) groups excluding carboxylic acids is 3. The SMILES string of the molecule is NC(=O)[C@@H]1CCCCN1C(=O)COC(=O)c1cc2c(F)cccc2s1. The average molecular weight is 364 g/mol. The number of benzene rings is 1. The first-order valence-corrected chi connectivity index (χ1v) is 8.73. The molecule has 2 aromatic rings. The maximum atomic E-state index is 13.7. The lowest BCUT2D eigenvalue weighted by Crippen LogP contribution is -2.51. The molecule has 1 aliphatic rings. The Bertz CT molecular complexity index is 835. The minimum atomic E-state index is -0.693. The van der Waals surface area contributed by atoms with Gasteiger partial charge in [-0.1, -0.05) is 6.07 Å². The highest BCUT2D eigenvalue weighted by atomic mass is 32.1. The lowest BCUT2D eigenvalue weighted by Gasteiger charge is -2.33. The van der Waals surface area contributed by atoms with Crippen LogP contribution in [0.5, 0.6) is 0 Å². The van der Waals surface area contributed by atoms with Gasteiger partial charge < -0.3 is 15.4 Å². The molecule has 2 heterocycles. The van der Waals surface area contributed by atoms with Gasteiger partial charge in [0, 0.05) is 16.6 Å². The quantitative estimate of drug-likeness (QED) is 0.841. The number of ether oxygens (including phenoxy) is 1. The summed E-state index contributed by atoms with van der Waals surface area (Å²) in [5.74, 6) is -2.12. The monoisotopic (exact) mass is 364 g/mol. The van der Waals surface area contributed by atoms with Gasteiger partial charge in [0.2, 0.25) is 5.91 Å². The maximum absolute atomic E-state index is 13.7. The van der Waals surface area contributed by atoms with Gasteiger partial charge in [0.15, 0.2) is 6.61 Å². The molecule has 1 saturated heterocycles. The van der Waals surface area contributed by atoms with E-state index in [2.05, 4.69) is 0 Å². The van der Waals surface area contributed by atoms with Crippen LogP contribution in [0.3, 0.4) is 0 Å². The zero-order valence-electron chi connectivity index (χ0n) is 13.4. The summed E-state index contributed by atoms with van der Waals surface area (Å²) in [5.41, 5.74) is 5.33. The number of amides is 2. The molecule has 0 radical (unpaired) electrons. The molecule has 3 rings (SSSR count). The molecule has 1 fully saturated rings. The van der Waals surface area contributed by atoms with Gasteiger partial charge in [0.25, 0.3) is 5.91 Å². The number of primary amides is 1. The van der Waals surface area contributed by atoms with Crippen molar-refractivity contribution in [3.05, 3.63) is 35.0 Å². The van der Waals surface area contributed by atoms with E-state index in [1.165, 1.54) is 17.0 Å². The minimum Gasteiger partial charge on any atom is -0.451 e. The molecule has 2 N–H and O–H groups in total. The van der Waals surface area contributed by atoms with Crippen LogP contribution in [0.15, 0.2) is 24.3 Å². The van der Waals surface area contributed by atoms with Gasteiger partial charge in [-0.25, -0.2) is 9.18 Å². The molecule has 8 heteroatoms. The van der Waals surface area contributed by atoms with Crippen molar-refractivity contribution in [2.24, 2.45) is 5.73 Å². The second kappa shape index (κ2) is 7.18. The van der Waals surface area contributed by atoms with Crippen molar-refractivity contribution >= 4 is 39.2 Å². The Hall–Kier alpha value is -2.48. The number of esters is 1. The van der Waals surface area contributed by atoms with Crippen LogP contribution in [0, 0.1) is 5.82 Å². The van der Waals surface area contributed by atoms with Crippen molar-refractivity contribution in [2.75, 3.05) is 13.2 Å². The first kappa shape index (κ1) is 17.3. The number of carbonyl (C=O) groups is 3. The van der Waals surface area contributed by atoms with Crippen molar-refractivity contribution in [1.29, 1.82) is 0 Å². The molecule has 1 aromatic heterocycles. The van der Waals surface area contributed by atoms with Gasteiger partial charge in [-0.2, -0.15) is 0 Å². The van der Waals surface area contributed by atoms with E-state index in [4.69, 9.17) is 10.5 Å². The Morgan fingerprint density at radius 1 is 1.32 bits per heavy atom. The second-order valence-corrected chi connectivity index (χ2v) is 6.92. The Morgan fingerprint density at radius 3 is 2.84 bits per heavy atom. The van der Waals surface area contributed by atoms with E-state index in [1.807, 2.05) is 0 Å². The number of hydrogen-bond donors (Lipinski definition) is 1. The van der Waals surface area contributed by atoms with Crippen LogP contribution in [0.1, 0.15) is 28.9 Å². The summed E-state index contributed by atoms with van der Waals surface area (Å²) in [6, 6.07) is 5.34. The largest absolute Gasteiger partial charge is 0.451 e. The Kier molecular flexibility index (Phi) is 4.98. The minimum absolute atomic E-state index is 0.220. The molecule has 0 saturated carbocycles. The molecular formula is C17H17FN2O4S. The number of thiophene rings is 1. The van der Waals surface area contributed by atoms with Crippen molar-refractivity contribution < 1.29 is 23.5 Å². The van der Waals surface area contributed by atoms with Crippen LogP contribution in [0.4, 0.5) is 4.39 Å². The number of fused-ring (bicyclic) bond motifs is 1. The summed E-state index contributed by atoms with van der Waals surface area (Å²) >= 11 is 1.10. The first-order chi connectivity index (χ1) is 12.0. The predicted molar refractivity (Wildman–Crippen MR) is 90.6 cm³/mol. The van der Waals surface area contributed by atoms with Gasteiger partial charge in [-0.3, -0.25) is 9.59 Å². The molecule has 132 valence electrons. The first-order valence-electron chi connectivity index (χ1n) is 7.91. The van der Waals surface area contributed by atoms with Gasteiger partial charge in [0.05, 0.1) is 0 Å². The van der Waals surface area contributed by atoms with Crippen molar-refractivity contribution in [3.63, 3.8) is 0 Å². The number of rotatable bonds is 4. The van der Waals surface area contributed by atoms with Crippen LogP contribution in [0.25, 0.3) is 10.1 Å². The van der Waals surface area contributed by atoms with Gasteiger partial charge in [0.1, 0.15) is 16.7 Å². The van der Waals surface area contributed by atoms with Gasteiger partial charge in [-0.05, 0) is 37.5 Å². The third kappa shape index (κ3) is 3.63. The smallest absolute Gasteiger partial charge is 0.348 e. The van der Waals surface area contributed by atoms with E-state index >= 15 is 0 Å². The maximum Gasteiger partial charge on any atom is 0.348 e. The highest BCUT2D eigenvalue weighted by molar-refractivity contribution is 7.20. The van der Waals surface area contributed by atoms with E-state index in [0.717, 1.165) is 24.2 Å². The number of nitrogens with zero attached hydrogens (tertiary/aromatic N) is 1. The zero-order valence-corrected chi connectivity index (χ0v) is 14.2. The highest BCUT2D eigenvalue weighted by Gasteiger charge is 2.31. The summed E-state index contributed by atoms with van der Waals surface area (Å²) in [6.07, 6.45) is 2.12. The molecule has 0 spiro atoms. The third-order valence-electron chi connectivity index (χ3n) is 4.19. The molecule has 0 aliphatic carbocycles. The van der Waals surface area contributed by atoms with Crippen LogP contribution in [0.2, 0.25) is 0 Å². The van der Waals surface area contributed by atoms with Crippen LogP contribution in [-0.2, 0) is 14.3 Å². The number of nitrogens with two attached hydrogens (primary N) is 1. The fourth-order valence-electron chi connectivity index (χ4n) is 2.93. The fourth-order valence-corrected chi connectivity index (χ4v) is 3.90. The molecule has 1 atom stereocenters.